The van der Waals surface area contributed by atoms with Gasteiger partial charge in [-0.3, -0.25) is 0 Å². The number of rotatable bonds is 5. The average Bonchev–Trinajstić information content (AvgIpc) is 3.53. The van der Waals surface area contributed by atoms with Gasteiger partial charge in [-0.25, -0.2) is 0 Å². The van der Waals surface area contributed by atoms with Gasteiger partial charge in [0.25, 0.3) is 6.71 Å². The van der Waals surface area contributed by atoms with Gasteiger partial charge in [0.2, 0.25) is 0 Å². The lowest BCUT2D eigenvalue weighted by Crippen LogP contribution is -2.62. The Hall–Kier alpha value is -6.00. The highest BCUT2D eigenvalue weighted by molar-refractivity contribution is 7.00. The predicted octanol–water partition coefficient (Wildman–Crippen LogP) is 18.7. The lowest BCUT2D eigenvalue weighted by atomic mass is 9.33. The monoisotopic (exact) mass is 1040 g/mol. The highest BCUT2D eigenvalue weighted by atomic mass is 15.2. The van der Waals surface area contributed by atoms with Crippen LogP contribution in [-0.2, 0) is 48.7 Å². The van der Waals surface area contributed by atoms with Crippen molar-refractivity contribution in [1.82, 2.24) is 0 Å². The van der Waals surface area contributed by atoms with Crippen molar-refractivity contribution in [3.05, 3.63) is 177 Å². The summed E-state index contributed by atoms with van der Waals surface area (Å²) in [5, 5.41) is 0. The van der Waals surface area contributed by atoms with Gasteiger partial charge in [0, 0.05) is 45.5 Å². The second-order valence-electron chi connectivity index (χ2n) is 32.1. The highest BCUT2D eigenvalue weighted by Crippen LogP contribution is 2.58. The molecule has 0 fully saturated rings. The Morgan fingerprint density at radius 2 is 0.747 bits per heavy atom. The van der Waals surface area contributed by atoms with E-state index in [4.69, 9.17) is 0 Å². The number of hydrogen-bond acceptors (Lipinski definition) is 3. The van der Waals surface area contributed by atoms with Crippen LogP contribution in [0, 0.1) is 6.92 Å². The van der Waals surface area contributed by atoms with Crippen LogP contribution in [0.25, 0.3) is 0 Å². The summed E-state index contributed by atoms with van der Waals surface area (Å²) in [6.07, 6.45) is 4.46. The molecule has 0 unspecified atom stereocenters. The van der Waals surface area contributed by atoms with E-state index < -0.39 is 0 Å². The second kappa shape index (κ2) is 16.1. The zero-order chi connectivity index (χ0) is 56.5. The van der Waals surface area contributed by atoms with E-state index in [9.17, 15) is 0 Å². The molecule has 4 aliphatic carbocycles. The molecular formula is C75H88BN3. The van der Waals surface area contributed by atoms with Crippen LogP contribution in [0.2, 0.25) is 0 Å². The first-order valence-electron chi connectivity index (χ1n) is 30.0. The van der Waals surface area contributed by atoms with E-state index in [1.54, 1.807) is 0 Å². The number of para-hydroxylation sites is 1. The van der Waals surface area contributed by atoms with Gasteiger partial charge in [-0.1, -0.05) is 186 Å². The summed E-state index contributed by atoms with van der Waals surface area (Å²) in [4.78, 5) is 8.06. The predicted molar refractivity (Wildman–Crippen MR) is 341 cm³/mol. The quantitative estimate of drug-likeness (QED) is 0.159. The van der Waals surface area contributed by atoms with E-state index in [1.807, 2.05) is 0 Å². The molecule has 0 bridgehead atoms. The fourth-order valence-electron chi connectivity index (χ4n) is 18.2. The van der Waals surface area contributed by atoms with E-state index in [2.05, 4.69) is 275 Å². The Morgan fingerprint density at radius 1 is 0.380 bits per heavy atom. The standard InChI is InChI=1S/C75H88BN3/c1-45-23-21-22-24-61(45)77(47-27-25-46(26-28-47)67(2,3)4)50-35-64-66-65(36-50)79(49-30-32-52-54(34-49)71(11,12)42-69(52,7)8)63-40-58-56(73(15,16)44-75(58,19)20)38-60(63)76(66)59-37-55-57(74(17,18)43-72(55,13)14)39-62(59)78(64)48-29-31-51-53(33-48)70(9,10)41-68(51,5)6/h21-40H,41-44H2,1-20H3. The molecule has 0 saturated heterocycles. The molecule has 6 aliphatic rings. The summed E-state index contributed by atoms with van der Waals surface area (Å²) in [6, 6.07) is 49.7. The summed E-state index contributed by atoms with van der Waals surface area (Å²) in [7, 11) is 0. The summed E-state index contributed by atoms with van der Waals surface area (Å²) in [6.45, 7) is 48.9. The Kier molecular flexibility index (Phi) is 10.7. The molecule has 13 rings (SSSR count). The SMILES string of the molecule is Cc1ccccc1N(c1ccc(C(C)(C)C)cc1)c1cc2c3c(c1)N(c1ccc4c(c1)C(C)(C)CC4(C)C)c1cc4c(cc1B3c1cc3c(cc1N2c1ccc2c(c1)C(C)(C)CC2(C)C)C(C)(C)CC3(C)C)C(C)(C)CC4(C)C. The fourth-order valence-corrected chi connectivity index (χ4v) is 18.2. The lowest BCUT2D eigenvalue weighted by Gasteiger charge is -2.46. The van der Waals surface area contributed by atoms with Crippen molar-refractivity contribution in [2.75, 3.05) is 14.7 Å². The minimum absolute atomic E-state index is 0.00519. The number of benzene rings is 7. The van der Waals surface area contributed by atoms with Gasteiger partial charge in [0.15, 0.2) is 0 Å². The van der Waals surface area contributed by atoms with Gasteiger partial charge in [-0.2, -0.15) is 0 Å². The fraction of sp³-hybridized carbons (Fsp3) is 0.440. The van der Waals surface area contributed by atoms with Crippen LogP contribution in [0.4, 0.5) is 51.2 Å². The molecule has 0 spiro atoms. The molecule has 0 saturated carbocycles. The molecule has 0 radical (unpaired) electrons. The zero-order valence-electron chi connectivity index (χ0n) is 51.8. The van der Waals surface area contributed by atoms with Gasteiger partial charge in [0.1, 0.15) is 0 Å². The van der Waals surface area contributed by atoms with Gasteiger partial charge in [0.05, 0.1) is 5.69 Å². The molecule has 7 aromatic rings. The third kappa shape index (κ3) is 7.63. The molecule has 0 N–H and O–H groups in total. The molecule has 0 amide bonds. The molecule has 7 aromatic carbocycles. The number of nitrogens with zero attached hydrogens (tertiary/aromatic N) is 3. The van der Waals surface area contributed by atoms with Crippen molar-refractivity contribution in [2.45, 2.75) is 213 Å². The second-order valence-corrected chi connectivity index (χ2v) is 32.1. The van der Waals surface area contributed by atoms with Crippen LogP contribution >= 0.6 is 0 Å². The van der Waals surface area contributed by atoms with E-state index >= 15 is 0 Å². The van der Waals surface area contributed by atoms with E-state index in [1.165, 1.54) is 112 Å². The van der Waals surface area contributed by atoms with Crippen LogP contribution in [0.3, 0.4) is 0 Å². The first-order chi connectivity index (χ1) is 36.6. The first-order valence-corrected chi connectivity index (χ1v) is 30.0. The van der Waals surface area contributed by atoms with Gasteiger partial charge >= 0.3 is 0 Å². The third-order valence-corrected chi connectivity index (χ3v) is 20.8. The molecule has 3 nitrogen and oxygen atoms in total. The molecule has 0 atom stereocenters. The van der Waals surface area contributed by atoms with Gasteiger partial charge in [-0.15, -0.1) is 0 Å². The van der Waals surface area contributed by atoms with E-state index in [0.29, 0.717) is 0 Å². The minimum atomic E-state index is -0.0150. The van der Waals surface area contributed by atoms with Crippen molar-refractivity contribution >= 4 is 74.3 Å². The van der Waals surface area contributed by atoms with Crippen molar-refractivity contribution < 1.29 is 0 Å². The van der Waals surface area contributed by atoms with Gasteiger partial charge < -0.3 is 14.7 Å². The van der Waals surface area contributed by atoms with Crippen LogP contribution < -0.4 is 31.1 Å². The Bertz CT molecular complexity index is 3560. The molecule has 0 aromatic heterocycles. The summed E-state index contributed by atoms with van der Waals surface area (Å²) in [5.74, 6) is 0. The average molecular weight is 1040 g/mol. The topological polar surface area (TPSA) is 9.72 Å². The largest absolute Gasteiger partial charge is 0.311 e. The van der Waals surface area contributed by atoms with E-state index in [0.717, 1.165) is 37.1 Å². The van der Waals surface area contributed by atoms with Crippen LogP contribution in [0.15, 0.2) is 121 Å². The van der Waals surface area contributed by atoms with Crippen molar-refractivity contribution in [3.63, 3.8) is 0 Å². The third-order valence-electron chi connectivity index (χ3n) is 20.8. The number of hydrogen-bond donors (Lipinski definition) is 0. The summed E-state index contributed by atoms with van der Waals surface area (Å²) >= 11 is 0. The van der Waals surface area contributed by atoms with Gasteiger partial charge in [-0.05, 0) is 220 Å². The molecule has 2 aliphatic heterocycles. The van der Waals surface area contributed by atoms with Crippen molar-refractivity contribution in [2.24, 2.45) is 0 Å². The maximum atomic E-state index is 2.74. The molecular weight excluding hydrogens is 954 g/mol. The smallest absolute Gasteiger partial charge is 0.252 e. The molecule has 2 heterocycles. The molecule has 406 valence electrons. The number of anilines is 9. The van der Waals surface area contributed by atoms with Crippen LogP contribution in [-0.4, -0.2) is 6.71 Å². The number of aryl methyl sites for hydroxylation is 1. The van der Waals surface area contributed by atoms with Crippen molar-refractivity contribution in [3.8, 4) is 0 Å². The maximum Gasteiger partial charge on any atom is 0.252 e. The zero-order valence-corrected chi connectivity index (χ0v) is 51.8. The minimum Gasteiger partial charge on any atom is -0.311 e. The number of fused-ring (bicyclic) bond motifs is 8. The van der Waals surface area contributed by atoms with Crippen LogP contribution in [0.1, 0.15) is 213 Å². The Morgan fingerprint density at radius 3 is 1.14 bits per heavy atom. The Balaban J connectivity index is 1.20. The summed E-state index contributed by atoms with van der Waals surface area (Å²) < 4.78 is 0. The molecule has 79 heavy (non-hydrogen) atoms. The Labute approximate surface area is 476 Å². The van der Waals surface area contributed by atoms with Crippen molar-refractivity contribution in [1.29, 1.82) is 0 Å². The van der Waals surface area contributed by atoms with E-state index in [-0.39, 0.29) is 55.4 Å². The maximum absolute atomic E-state index is 2.74. The normalized spacial score (nSPS) is 20.9. The highest BCUT2D eigenvalue weighted by Gasteiger charge is 2.52. The summed E-state index contributed by atoms with van der Waals surface area (Å²) in [5.41, 5.74) is 30.1. The first kappa shape index (κ1) is 52.4. The molecule has 4 heteroatoms. The lowest BCUT2D eigenvalue weighted by molar-refractivity contribution is 0.402. The van der Waals surface area contributed by atoms with Crippen LogP contribution in [0.5, 0.6) is 0 Å².